The van der Waals surface area contributed by atoms with Crippen LogP contribution < -0.4 is 21.3 Å². The molecule has 1 aliphatic heterocycles. The second kappa shape index (κ2) is 8.64. The highest BCUT2D eigenvalue weighted by Crippen LogP contribution is 2.22. The van der Waals surface area contributed by atoms with Crippen LogP contribution in [0.25, 0.3) is 0 Å². The molecule has 6 nitrogen and oxygen atoms in total. The van der Waals surface area contributed by atoms with Gasteiger partial charge in [-0.05, 0) is 56.1 Å². The quantitative estimate of drug-likeness (QED) is 0.663. The van der Waals surface area contributed by atoms with Crippen molar-refractivity contribution in [3.8, 4) is 0 Å². The summed E-state index contributed by atoms with van der Waals surface area (Å²) in [7, 11) is 0. The molecule has 4 N–H and O–H groups in total. The molecule has 132 valence electrons. The Hall–Kier alpha value is -2.38. The lowest BCUT2D eigenvalue weighted by molar-refractivity contribution is 0.0949. The van der Waals surface area contributed by atoms with Crippen LogP contribution in [0.5, 0.6) is 0 Å². The van der Waals surface area contributed by atoms with Crippen LogP contribution in [0.1, 0.15) is 22.5 Å². The molecule has 3 amide bonds. The fourth-order valence-corrected chi connectivity index (χ4v) is 3.56. The van der Waals surface area contributed by atoms with Crippen LogP contribution in [0.4, 0.5) is 15.5 Å². The predicted molar refractivity (Wildman–Crippen MR) is 101 cm³/mol. The minimum Gasteiger partial charge on any atom is -0.351 e. The predicted octanol–water partition coefficient (Wildman–Crippen LogP) is 3.12. The minimum absolute atomic E-state index is 0.0907. The Labute approximate surface area is 151 Å². The van der Waals surface area contributed by atoms with E-state index in [1.165, 1.54) is 11.3 Å². The van der Waals surface area contributed by atoms with Crippen LogP contribution in [0.15, 0.2) is 42.5 Å². The number of nitrogens with one attached hydrogen (secondary N) is 4. The Morgan fingerprint density at radius 1 is 1.12 bits per heavy atom. The summed E-state index contributed by atoms with van der Waals surface area (Å²) in [5.74, 6) is 0.402. The molecule has 0 aliphatic carbocycles. The molecule has 25 heavy (non-hydrogen) atoms. The highest BCUT2D eigenvalue weighted by atomic mass is 32.1. The van der Waals surface area contributed by atoms with Gasteiger partial charge in [-0.25, -0.2) is 4.79 Å². The van der Waals surface area contributed by atoms with Gasteiger partial charge >= 0.3 is 6.03 Å². The van der Waals surface area contributed by atoms with Gasteiger partial charge in [0, 0.05) is 12.2 Å². The summed E-state index contributed by atoms with van der Waals surface area (Å²) in [4.78, 5) is 24.8. The largest absolute Gasteiger partial charge is 0.351 e. The van der Waals surface area contributed by atoms with Crippen molar-refractivity contribution in [3.63, 3.8) is 0 Å². The van der Waals surface area contributed by atoms with E-state index >= 15 is 0 Å². The van der Waals surface area contributed by atoms with Crippen molar-refractivity contribution in [2.45, 2.75) is 12.8 Å². The summed E-state index contributed by atoms with van der Waals surface area (Å²) < 4.78 is 0. The van der Waals surface area contributed by atoms with Gasteiger partial charge in [0.15, 0.2) is 0 Å². The molecule has 1 aromatic heterocycles. The molecule has 0 saturated carbocycles. The molecule has 1 aromatic carbocycles. The fraction of sp³-hybridized carbons (Fsp3) is 0.333. The van der Waals surface area contributed by atoms with Crippen LogP contribution >= 0.6 is 11.3 Å². The number of para-hydroxylation sites is 1. The van der Waals surface area contributed by atoms with Gasteiger partial charge in [-0.3, -0.25) is 10.1 Å². The van der Waals surface area contributed by atoms with Gasteiger partial charge in [-0.15, -0.1) is 11.3 Å². The van der Waals surface area contributed by atoms with E-state index in [0.717, 1.165) is 31.6 Å². The molecule has 2 aromatic rings. The summed E-state index contributed by atoms with van der Waals surface area (Å²) in [5.41, 5.74) is 0.718. The lowest BCUT2D eigenvalue weighted by Crippen LogP contribution is -2.37. The van der Waals surface area contributed by atoms with Crippen molar-refractivity contribution in [1.82, 2.24) is 10.6 Å². The Morgan fingerprint density at radius 3 is 2.72 bits per heavy atom. The number of hydrogen-bond donors (Lipinski definition) is 4. The van der Waals surface area contributed by atoms with Crippen molar-refractivity contribution < 1.29 is 9.59 Å². The van der Waals surface area contributed by atoms with Crippen LogP contribution in [0.3, 0.4) is 0 Å². The molecule has 0 radical (unpaired) electrons. The van der Waals surface area contributed by atoms with Crippen molar-refractivity contribution >= 4 is 34.0 Å². The molecular formula is C18H22N4O2S. The number of benzene rings is 1. The van der Waals surface area contributed by atoms with Crippen molar-refractivity contribution in [1.29, 1.82) is 0 Å². The third-order valence-corrected chi connectivity index (χ3v) is 5.05. The van der Waals surface area contributed by atoms with Crippen molar-refractivity contribution in [2.24, 2.45) is 5.92 Å². The van der Waals surface area contributed by atoms with E-state index in [4.69, 9.17) is 0 Å². The van der Waals surface area contributed by atoms with Gasteiger partial charge in [-0.1, -0.05) is 18.2 Å². The monoisotopic (exact) mass is 358 g/mol. The van der Waals surface area contributed by atoms with Gasteiger partial charge in [0.05, 0.1) is 9.88 Å². The number of hydrogen-bond acceptors (Lipinski definition) is 4. The number of thiophene rings is 1. The number of carbonyl (C=O) groups is 2. The maximum Gasteiger partial charge on any atom is 0.324 e. The number of carbonyl (C=O) groups excluding carboxylic acids is 2. The average Bonchev–Trinajstić information content (AvgIpc) is 3.10. The number of anilines is 2. The lowest BCUT2D eigenvalue weighted by Gasteiger charge is -2.22. The standard InChI is InChI=1S/C18H22N4O2S/c23-17(20-12-13-5-4-10-19-11-13)15-8-9-16(25-15)22-18(24)21-14-6-2-1-3-7-14/h1-3,6-9,13,19H,4-5,10-12H2,(H,20,23)(H2,21,22,24). The topological polar surface area (TPSA) is 82.3 Å². The highest BCUT2D eigenvalue weighted by Gasteiger charge is 2.16. The van der Waals surface area contributed by atoms with E-state index in [-0.39, 0.29) is 11.9 Å². The summed E-state index contributed by atoms with van der Waals surface area (Å²) in [6.45, 7) is 2.70. The Morgan fingerprint density at radius 2 is 1.96 bits per heavy atom. The Balaban J connectivity index is 1.47. The molecular weight excluding hydrogens is 336 g/mol. The lowest BCUT2D eigenvalue weighted by atomic mass is 10.00. The minimum atomic E-state index is -0.326. The summed E-state index contributed by atoms with van der Waals surface area (Å²) >= 11 is 1.27. The third-order valence-electron chi connectivity index (χ3n) is 4.05. The number of rotatable bonds is 5. The second-order valence-electron chi connectivity index (χ2n) is 6.03. The number of piperidine rings is 1. The average molecular weight is 358 g/mol. The smallest absolute Gasteiger partial charge is 0.324 e. The van der Waals surface area contributed by atoms with E-state index in [1.807, 2.05) is 30.3 Å². The Bertz CT molecular complexity index is 711. The molecule has 2 heterocycles. The summed E-state index contributed by atoms with van der Waals surface area (Å²) in [6, 6.07) is 12.4. The molecule has 1 aliphatic rings. The van der Waals surface area contributed by atoms with Crippen LogP contribution in [-0.4, -0.2) is 31.6 Å². The normalized spacial score (nSPS) is 16.9. The first-order valence-corrected chi connectivity index (χ1v) is 9.24. The van der Waals surface area contributed by atoms with Gasteiger partial charge in [0.1, 0.15) is 0 Å². The molecule has 0 spiro atoms. The van der Waals surface area contributed by atoms with Gasteiger partial charge in [-0.2, -0.15) is 0 Å². The van der Waals surface area contributed by atoms with E-state index in [0.29, 0.717) is 22.3 Å². The first-order valence-electron chi connectivity index (χ1n) is 8.42. The van der Waals surface area contributed by atoms with Crippen LogP contribution in [0.2, 0.25) is 0 Å². The first kappa shape index (κ1) is 17.4. The zero-order chi connectivity index (χ0) is 17.5. The maximum atomic E-state index is 12.2. The summed E-state index contributed by atoms with van der Waals surface area (Å²) in [5, 5.41) is 12.5. The molecule has 3 rings (SSSR count). The van der Waals surface area contributed by atoms with Crippen LogP contribution in [-0.2, 0) is 0 Å². The van der Waals surface area contributed by atoms with E-state index in [1.54, 1.807) is 12.1 Å². The van der Waals surface area contributed by atoms with Gasteiger partial charge in [0.2, 0.25) is 0 Å². The molecule has 1 atom stereocenters. The highest BCUT2D eigenvalue weighted by molar-refractivity contribution is 7.18. The SMILES string of the molecule is O=C(Nc1ccccc1)Nc1ccc(C(=O)NCC2CCCNC2)s1. The van der Waals surface area contributed by atoms with Crippen LogP contribution in [0, 0.1) is 5.92 Å². The summed E-state index contributed by atoms with van der Waals surface area (Å²) in [6.07, 6.45) is 2.30. The van der Waals surface area contributed by atoms with Gasteiger partial charge in [0.25, 0.3) is 5.91 Å². The molecule has 7 heteroatoms. The number of amides is 3. The number of urea groups is 1. The first-order chi connectivity index (χ1) is 12.2. The molecule has 1 unspecified atom stereocenters. The van der Waals surface area contributed by atoms with E-state index in [9.17, 15) is 9.59 Å². The second-order valence-corrected chi connectivity index (χ2v) is 7.12. The van der Waals surface area contributed by atoms with E-state index in [2.05, 4.69) is 21.3 Å². The molecule has 1 fully saturated rings. The van der Waals surface area contributed by atoms with Gasteiger partial charge < -0.3 is 16.0 Å². The molecule has 0 bridgehead atoms. The van der Waals surface area contributed by atoms with Crippen molar-refractivity contribution in [2.75, 3.05) is 30.3 Å². The third kappa shape index (κ3) is 5.30. The van der Waals surface area contributed by atoms with E-state index < -0.39 is 0 Å². The zero-order valence-corrected chi connectivity index (χ0v) is 14.7. The molecule has 1 saturated heterocycles. The van der Waals surface area contributed by atoms with Crippen molar-refractivity contribution in [3.05, 3.63) is 47.3 Å². The zero-order valence-electron chi connectivity index (χ0n) is 13.9. The Kier molecular flexibility index (Phi) is 6.03. The maximum absolute atomic E-state index is 12.2. The fourth-order valence-electron chi connectivity index (χ4n) is 2.75.